The molecule has 0 bridgehead atoms. The standard InChI is InChI=1S/C16H20N4O2/c1-10-8-15(19-20(10)3)18-16(21)17-11(2)13-9-22-14-7-5-4-6-12(13)14/h4-8,11,13H,9H2,1-3H3,(H2,17,18,19,21)/t11-,13+/m0/s1. The summed E-state index contributed by atoms with van der Waals surface area (Å²) >= 11 is 0. The molecule has 0 radical (unpaired) electrons. The fourth-order valence-electron chi connectivity index (χ4n) is 2.68. The van der Waals surface area contributed by atoms with Gasteiger partial charge in [-0.15, -0.1) is 0 Å². The molecular formula is C16H20N4O2. The van der Waals surface area contributed by atoms with Crippen LogP contribution in [0.4, 0.5) is 10.6 Å². The molecule has 2 N–H and O–H groups in total. The fraction of sp³-hybridized carbons (Fsp3) is 0.375. The SMILES string of the molecule is Cc1cc(NC(=O)N[C@@H](C)[C@H]2COc3ccccc32)nn1C. The molecule has 0 unspecified atom stereocenters. The van der Waals surface area contributed by atoms with E-state index < -0.39 is 0 Å². The van der Waals surface area contributed by atoms with Gasteiger partial charge < -0.3 is 10.1 Å². The maximum atomic E-state index is 12.1. The third kappa shape index (κ3) is 2.77. The lowest BCUT2D eigenvalue weighted by molar-refractivity contribution is 0.244. The van der Waals surface area contributed by atoms with Crippen LogP contribution in [0.25, 0.3) is 0 Å². The molecule has 116 valence electrons. The summed E-state index contributed by atoms with van der Waals surface area (Å²) in [5, 5.41) is 9.93. The highest BCUT2D eigenvalue weighted by Gasteiger charge is 2.29. The van der Waals surface area contributed by atoms with E-state index in [-0.39, 0.29) is 18.0 Å². The zero-order chi connectivity index (χ0) is 15.7. The summed E-state index contributed by atoms with van der Waals surface area (Å²) in [6.07, 6.45) is 0. The van der Waals surface area contributed by atoms with E-state index in [4.69, 9.17) is 4.74 Å². The molecule has 0 saturated carbocycles. The highest BCUT2D eigenvalue weighted by atomic mass is 16.5. The van der Waals surface area contributed by atoms with Gasteiger partial charge in [-0.25, -0.2) is 4.79 Å². The van der Waals surface area contributed by atoms with E-state index in [1.807, 2.05) is 51.2 Å². The number of urea groups is 1. The minimum atomic E-state index is -0.255. The van der Waals surface area contributed by atoms with Crippen molar-refractivity contribution in [2.75, 3.05) is 11.9 Å². The van der Waals surface area contributed by atoms with Crippen LogP contribution in [0.3, 0.4) is 0 Å². The third-order valence-electron chi connectivity index (χ3n) is 4.05. The number of rotatable bonds is 3. The largest absolute Gasteiger partial charge is 0.493 e. The molecular weight excluding hydrogens is 280 g/mol. The Hall–Kier alpha value is -2.50. The first kappa shape index (κ1) is 14.4. The van der Waals surface area contributed by atoms with E-state index in [2.05, 4.69) is 15.7 Å². The second-order valence-electron chi connectivity index (χ2n) is 5.64. The van der Waals surface area contributed by atoms with E-state index in [1.54, 1.807) is 4.68 Å². The Labute approximate surface area is 129 Å². The summed E-state index contributed by atoms with van der Waals surface area (Å²) in [7, 11) is 1.84. The third-order valence-corrected chi connectivity index (χ3v) is 4.05. The first-order chi connectivity index (χ1) is 10.5. The van der Waals surface area contributed by atoms with Crippen molar-refractivity contribution < 1.29 is 9.53 Å². The lowest BCUT2D eigenvalue weighted by atomic mass is 9.94. The molecule has 3 rings (SSSR count). The van der Waals surface area contributed by atoms with Crippen molar-refractivity contribution in [1.82, 2.24) is 15.1 Å². The number of carbonyl (C=O) groups is 1. The fourth-order valence-corrected chi connectivity index (χ4v) is 2.68. The molecule has 2 amide bonds. The van der Waals surface area contributed by atoms with Crippen LogP contribution in [-0.2, 0) is 7.05 Å². The first-order valence-electron chi connectivity index (χ1n) is 7.34. The number of aromatic nitrogens is 2. The van der Waals surface area contributed by atoms with Crippen molar-refractivity contribution in [2.24, 2.45) is 7.05 Å². The number of benzene rings is 1. The number of fused-ring (bicyclic) bond motifs is 1. The molecule has 0 fully saturated rings. The molecule has 2 heterocycles. The van der Waals surface area contributed by atoms with Crippen molar-refractivity contribution >= 4 is 11.8 Å². The molecule has 2 atom stereocenters. The summed E-state index contributed by atoms with van der Waals surface area (Å²) < 4.78 is 7.39. The quantitative estimate of drug-likeness (QED) is 0.914. The lowest BCUT2D eigenvalue weighted by Gasteiger charge is -2.19. The van der Waals surface area contributed by atoms with Gasteiger partial charge in [0.05, 0.1) is 6.61 Å². The number of nitrogens with one attached hydrogen (secondary N) is 2. The number of amides is 2. The van der Waals surface area contributed by atoms with Crippen LogP contribution in [-0.4, -0.2) is 28.5 Å². The van der Waals surface area contributed by atoms with Gasteiger partial charge in [0, 0.05) is 36.3 Å². The minimum Gasteiger partial charge on any atom is -0.493 e. The van der Waals surface area contributed by atoms with Gasteiger partial charge in [0.2, 0.25) is 0 Å². The number of hydrogen-bond acceptors (Lipinski definition) is 3. The van der Waals surface area contributed by atoms with Gasteiger partial charge in [0.15, 0.2) is 5.82 Å². The summed E-state index contributed by atoms with van der Waals surface area (Å²) in [5.74, 6) is 1.61. The topological polar surface area (TPSA) is 68.2 Å². The van der Waals surface area contributed by atoms with Crippen LogP contribution in [0.1, 0.15) is 24.1 Å². The van der Waals surface area contributed by atoms with E-state index in [0.717, 1.165) is 17.0 Å². The van der Waals surface area contributed by atoms with Crippen molar-refractivity contribution in [3.05, 3.63) is 41.6 Å². The molecule has 2 aromatic rings. The minimum absolute atomic E-state index is 0.0338. The molecule has 1 aliphatic rings. The first-order valence-corrected chi connectivity index (χ1v) is 7.34. The molecule has 0 aliphatic carbocycles. The van der Waals surface area contributed by atoms with E-state index in [9.17, 15) is 4.79 Å². The van der Waals surface area contributed by atoms with Crippen molar-refractivity contribution in [3.63, 3.8) is 0 Å². The summed E-state index contributed by atoms with van der Waals surface area (Å²) in [6.45, 7) is 4.51. The molecule has 0 saturated heterocycles. The van der Waals surface area contributed by atoms with Crippen molar-refractivity contribution in [2.45, 2.75) is 25.8 Å². The zero-order valence-corrected chi connectivity index (χ0v) is 13.0. The van der Waals surface area contributed by atoms with Gasteiger partial charge in [-0.05, 0) is 19.9 Å². The second-order valence-corrected chi connectivity index (χ2v) is 5.64. The monoisotopic (exact) mass is 300 g/mol. The average molecular weight is 300 g/mol. The normalized spacial score (nSPS) is 17.5. The molecule has 0 spiro atoms. The van der Waals surface area contributed by atoms with Crippen LogP contribution in [0.2, 0.25) is 0 Å². The number of carbonyl (C=O) groups excluding carboxylic acids is 1. The summed E-state index contributed by atoms with van der Waals surface area (Å²) in [5.41, 5.74) is 2.13. The Morgan fingerprint density at radius 1 is 1.45 bits per heavy atom. The Balaban J connectivity index is 1.62. The Morgan fingerprint density at radius 3 is 2.95 bits per heavy atom. The second kappa shape index (κ2) is 5.71. The van der Waals surface area contributed by atoms with E-state index in [0.29, 0.717) is 12.4 Å². The molecule has 1 aromatic carbocycles. The molecule has 6 heteroatoms. The molecule has 1 aliphatic heterocycles. The number of nitrogens with zero attached hydrogens (tertiary/aromatic N) is 2. The summed E-state index contributed by atoms with van der Waals surface area (Å²) in [6, 6.07) is 9.49. The number of anilines is 1. The zero-order valence-electron chi connectivity index (χ0n) is 13.0. The predicted molar refractivity (Wildman–Crippen MR) is 84.2 cm³/mol. The van der Waals surface area contributed by atoms with Gasteiger partial charge in [-0.1, -0.05) is 18.2 Å². The van der Waals surface area contributed by atoms with Crippen LogP contribution in [0.5, 0.6) is 5.75 Å². The Kier molecular flexibility index (Phi) is 3.75. The molecule has 6 nitrogen and oxygen atoms in total. The van der Waals surface area contributed by atoms with Gasteiger partial charge in [-0.2, -0.15) is 5.10 Å². The van der Waals surface area contributed by atoms with Crippen molar-refractivity contribution in [3.8, 4) is 5.75 Å². The smallest absolute Gasteiger partial charge is 0.320 e. The number of aryl methyl sites for hydroxylation is 2. The Morgan fingerprint density at radius 2 is 2.23 bits per heavy atom. The van der Waals surface area contributed by atoms with Gasteiger partial charge >= 0.3 is 6.03 Å². The predicted octanol–water partition coefficient (Wildman–Crippen LogP) is 2.41. The van der Waals surface area contributed by atoms with E-state index >= 15 is 0 Å². The number of ether oxygens (including phenoxy) is 1. The highest BCUT2D eigenvalue weighted by Crippen LogP contribution is 2.35. The summed E-state index contributed by atoms with van der Waals surface area (Å²) in [4.78, 5) is 12.1. The van der Waals surface area contributed by atoms with Gasteiger partial charge in [-0.3, -0.25) is 10.00 Å². The number of para-hydroxylation sites is 1. The maximum Gasteiger partial charge on any atom is 0.320 e. The maximum absolute atomic E-state index is 12.1. The lowest BCUT2D eigenvalue weighted by Crippen LogP contribution is -2.40. The van der Waals surface area contributed by atoms with Crippen LogP contribution < -0.4 is 15.4 Å². The van der Waals surface area contributed by atoms with Crippen LogP contribution in [0.15, 0.2) is 30.3 Å². The average Bonchev–Trinajstić information content (AvgIpc) is 3.02. The van der Waals surface area contributed by atoms with Crippen LogP contribution in [0, 0.1) is 6.92 Å². The van der Waals surface area contributed by atoms with Crippen LogP contribution >= 0.6 is 0 Å². The Bertz CT molecular complexity index is 676. The number of hydrogen-bond donors (Lipinski definition) is 2. The van der Waals surface area contributed by atoms with Gasteiger partial charge in [0.25, 0.3) is 0 Å². The van der Waals surface area contributed by atoms with E-state index in [1.165, 1.54) is 0 Å². The molecule has 22 heavy (non-hydrogen) atoms. The van der Waals surface area contributed by atoms with Gasteiger partial charge in [0.1, 0.15) is 5.75 Å². The highest BCUT2D eigenvalue weighted by molar-refractivity contribution is 5.88. The molecule has 1 aromatic heterocycles. The van der Waals surface area contributed by atoms with Crippen molar-refractivity contribution in [1.29, 1.82) is 0 Å².